The summed E-state index contributed by atoms with van der Waals surface area (Å²) in [7, 11) is 1.78. The van der Waals surface area contributed by atoms with Crippen LogP contribution in [0.25, 0.3) is 11.1 Å². The minimum absolute atomic E-state index is 0.110. The second-order valence-corrected chi connectivity index (χ2v) is 5.44. The van der Waals surface area contributed by atoms with Gasteiger partial charge in [0.05, 0.1) is 10.7 Å². The van der Waals surface area contributed by atoms with Crippen LogP contribution in [0.5, 0.6) is 0 Å². The molecule has 0 aliphatic rings. The highest BCUT2D eigenvalue weighted by atomic mass is 79.9. The molecular formula is C13H15BrFN3. The summed E-state index contributed by atoms with van der Waals surface area (Å²) in [5.41, 5.74) is 8.30. The summed E-state index contributed by atoms with van der Waals surface area (Å²) in [4.78, 5) is 0. The van der Waals surface area contributed by atoms with Crippen molar-refractivity contribution < 1.29 is 4.39 Å². The van der Waals surface area contributed by atoms with Crippen LogP contribution in [0.2, 0.25) is 0 Å². The largest absolute Gasteiger partial charge is 0.383 e. The number of nitrogens with two attached hydrogens (primary N) is 1. The minimum atomic E-state index is -0.212. The molecule has 0 aliphatic carbocycles. The van der Waals surface area contributed by atoms with Crippen molar-refractivity contribution in [2.75, 3.05) is 5.73 Å². The summed E-state index contributed by atoms with van der Waals surface area (Å²) in [6.07, 6.45) is 1.69. The van der Waals surface area contributed by atoms with E-state index in [-0.39, 0.29) is 11.7 Å². The van der Waals surface area contributed by atoms with Crippen molar-refractivity contribution in [1.82, 2.24) is 9.78 Å². The van der Waals surface area contributed by atoms with Gasteiger partial charge in [-0.3, -0.25) is 4.68 Å². The molecule has 0 saturated carbocycles. The van der Waals surface area contributed by atoms with Crippen LogP contribution in [0.15, 0.2) is 22.8 Å². The van der Waals surface area contributed by atoms with Crippen LogP contribution in [0.1, 0.15) is 25.3 Å². The van der Waals surface area contributed by atoms with E-state index in [1.165, 1.54) is 0 Å². The first-order valence-corrected chi connectivity index (χ1v) is 6.48. The fraction of sp³-hybridized carbons (Fsp3) is 0.308. The van der Waals surface area contributed by atoms with Gasteiger partial charge in [0.25, 0.3) is 0 Å². The molecule has 1 heterocycles. The zero-order chi connectivity index (χ0) is 13.4. The van der Waals surface area contributed by atoms with Crippen molar-refractivity contribution in [3.05, 3.63) is 34.2 Å². The number of hydrogen-bond donors (Lipinski definition) is 1. The van der Waals surface area contributed by atoms with Crippen LogP contribution in [0, 0.1) is 5.82 Å². The fourth-order valence-corrected chi connectivity index (χ4v) is 2.33. The van der Waals surface area contributed by atoms with E-state index in [0.29, 0.717) is 15.9 Å². The first-order chi connectivity index (χ1) is 8.41. The van der Waals surface area contributed by atoms with Crippen molar-refractivity contribution in [3.8, 4) is 11.1 Å². The smallest absolute Gasteiger partial charge is 0.140 e. The van der Waals surface area contributed by atoms with E-state index >= 15 is 0 Å². The zero-order valence-electron chi connectivity index (χ0n) is 10.5. The lowest BCUT2D eigenvalue weighted by Gasteiger charge is -2.11. The molecule has 0 bridgehead atoms. The van der Waals surface area contributed by atoms with Gasteiger partial charge in [-0.2, -0.15) is 5.10 Å². The number of anilines is 1. The van der Waals surface area contributed by atoms with Gasteiger partial charge in [0.2, 0.25) is 0 Å². The molecule has 0 saturated heterocycles. The molecule has 1 aromatic carbocycles. The number of hydrogen-bond acceptors (Lipinski definition) is 2. The van der Waals surface area contributed by atoms with Gasteiger partial charge in [0.15, 0.2) is 0 Å². The Kier molecular flexibility index (Phi) is 3.43. The molecule has 1 aromatic heterocycles. The van der Waals surface area contributed by atoms with Gasteiger partial charge in [0.1, 0.15) is 11.6 Å². The second kappa shape index (κ2) is 4.72. The molecule has 0 atom stereocenters. The molecule has 0 aliphatic heterocycles. The first-order valence-electron chi connectivity index (χ1n) is 5.68. The summed E-state index contributed by atoms with van der Waals surface area (Å²) in [6, 6.07) is 3.56. The summed E-state index contributed by atoms with van der Waals surface area (Å²) >= 11 is 3.25. The van der Waals surface area contributed by atoms with Gasteiger partial charge in [-0.25, -0.2) is 4.39 Å². The third-order valence-corrected chi connectivity index (χ3v) is 3.55. The normalized spacial score (nSPS) is 11.2. The maximum Gasteiger partial charge on any atom is 0.140 e. The Bertz CT molecular complexity index is 590. The Morgan fingerprint density at radius 2 is 2.06 bits per heavy atom. The Morgan fingerprint density at radius 3 is 2.56 bits per heavy atom. The third-order valence-electron chi connectivity index (χ3n) is 2.97. The van der Waals surface area contributed by atoms with Gasteiger partial charge < -0.3 is 5.73 Å². The van der Waals surface area contributed by atoms with Gasteiger partial charge in [-0.05, 0) is 45.1 Å². The number of aromatic nitrogens is 2. The number of halogens is 2. The van der Waals surface area contributed by atoms with E-state index < -0.39 is 0 Å². The lowest BCUT2D eigenvalue weighted by Crippen LogP contribution is -1.99. The standard InChI is InChI=1S/C13H15BrFN3/c1-7(2)9-4-8(5-11(14)12(9)15)10-6-17-18(3)13(10)16/h4-7H,16H2,1-3H3. The predicted molar refractivity (Wildman–Crippen MR) is 74.8 cm³/mol. The van der Waals surface area contributed by atoms with E-state index in [2.05, 4.69) is 21.0 Å². The minimum Gasteiger partial charge on any atom is -0.383 e. The van der Waals surface area contributed by atoms with Gasteiger partial charge in [-0.1, -0.05) is 13.8 Å². The van der Waals surface area contributed by atoms with Crippen molar-refractivity contribution >= 4 is 21.7 Å². The maximum atomic E-state index is 14.0. The highest BCUT2D eigenvalue weighted by molar-refractivity contribution is 9.10. The van der Waals surface area contributed by atoms with Crippen LogP contribution >= 0.6 is 15.9 Å². The number of nitrogens with zero attached hydrogens (tertiary/aromatic N) is 2. The topological polar surface area (TPSA) is 43.8 Å². The van der Waals surface area contributed by atoms with Gasteiger partial charge >= 0.3 is 0 Å². The Hall–Kier alpha value is -1.36. The number of benzene rings is 1. The van der Waals surface area contributed by atoms with Crippen LogP contribution in [-0.4, -0.2) is 9.78 Å². The second-order valence-electron chi connectivity index (χ2n) is 4.58. The third kappa shape index (κ3) is 2.14. The Balaban J connectivity index is 2.63. The monoisotopic (exact) mass is 311 g/mol. The molecule has 0 radical (unpaired) electrons. The highest BCUT2D eigenvalue weighted by Gasteiger charge is 2.15. The van der Waals surface area contributed by atoms with Crippen molar-refractivity contribution in [2.24, 2.45) is 7.05 Å². The molecule has 18 heavy (non-hydrogen) atoms. The highest BCUT2D eigenvalue weighted by Crippen LogP contribution is 2.33. The predicted octanol–water partition coefficient (Wildman–Crippen LogP) is 3.69. The molecule has 2 aromatic rings. The maximum absolute atomic E-state index is 14.0. The molecule has 96 valence electrons. The quantitative estimate of drug-likeness (QED) is 0.919. The summed E-state index contributed by atoms with van der Waals surface area (Å²) in [5, 5.41) is 4.10. The Morgan fingerprint density at radius 1 is 1.39 bits per heavy atom. The Labute approximate surface area is 114 Å². The number of aryl methyl sites for hydroxylation is 1. The van der Waals surface area contributed by atoms with Crippen LogP contribution < -0.4 is 5.73 Å². The molecule has 0 fully saturated rings. The van der Waals surface area contributed by atoms with E-state index in [9.17, 15) is 4.39 Å². The van der Waals surface area contributed by atoms with E-state index in [0.717, 1.165) is 11.1 Å². The molecular weight excluding hydrogens is 297 g/mol. The summed E-state index contributed by atoms with van der Waals surface area (Å²) in [5.74, 6) is 0.471. The first kappa shape index (κ1) is 13.1. The molecule has 0 amide bonds. The van der Waals surface area contributed by atoms with E-state index in [4.69, 9.17) is 5.73 Å². The molecule has 3 nitrogen and oxygen atoms in total. The number of nitrogen functional groups attached to an aromatic ring is 1. The van der Waals surface area contributed by atoms with Crippen molar-refractivity contribution in [1.29, 1.82) is 0 Å². The van der Waals surface area contributed by atoms with Crippen LogP contribution in [0.3, 0.4) is 0 Å². The van der Waals surface area contributed by atoms with Crippen LogP contribution in [-0.2, 0) is 7.05 Å². The molecule has 0 unspecified atom stereocenters. The summed E-state index contributed by atoms with van der Waals surface area (Å²) < 4.78 is 16.0. The fourth-order valence-electron chi connectivity index (χ4n) is 1.86. The van der Waals surface area contributed by atoms with Gasteiger partial charge in [-0.15, -0.1) is 0 Å². The lowest BCUT2D eigenvalue weighted by atomic mass is 9.98. The number of rotatable bonds is 2. The van der Waals surface area contributed by atoms with E-state index in [1.807, 2.05) is 19.9 Å². The average molecular weight is 312 g/mol. The average Bonchev–Trinajstić information content (AvgIpc) is 2.63. The van der Waals surface area contributed by atoms with E-state index in [1.54, 1.807) is 24.0 Å². The molecule has 2 N–H and O–H groups in total. The lowest BCUT2D eigenvalue weighted by molar-refractivity contribution is 0.592. The molecule has 2 rings (SSSR count). The summed E-state index contributed by atoms with van der Waals surface area (Å²) in [6.45, 7) is 3.92. The van der Waals surface area contributed by atoms with Crippen molar-refractivity contribution in [3.63, 3.8) is 0 Å². The zero-order valence-corrected chi connectivity index (χ0v) is 12.1. The SMILES string of the molecule is CC(C)c1cc(-c2cnn(C)c2N)cc(Br)c1F. The van der Waals surface area contributed by atoms with Gasteiger partial charge in [0, 0.05) is 12.6 Å². The van der Waals surface area contributed by atoms with Crippen molar-refractivity contribution in [2.45, 2.75) is 19.8 Å². The molecule has 0 spiro atoms. The van der Waals surface area contributed by atoms with Crippen LogP contribution in [0.4, 0.5) is 10.2 Å². The molecule has 5 heteroatoms.